The van der Waals surface area contributed by atoms with Crippen LogP contribution in [0.3, 0.4) is 0 Å². The van der Waals surface area contributed by atoms with E-state index in [9.17, 15) is 4.79 Å². The number of carbonyl (C=O) groups is 1. The second-order valence-electron chi connectivity index (χ2n) is 4.59. The number of benzene rings is 2. The van der Waals surface area contributed by atoms with Gasteiger partial charge in [0, 0.05) is 5.56 Å². The first-order chi connectivity index (χ1) is 10.3. The van der Waals surface area contributed by atoms with Crippen molar-refractivity contribution in [2.24, 2.45) is 4.99 Å². The van der Waals surface area contributed by atoms with Crippen molar-refractivity contribution in [3.63, 3.8) is 0 Å². The molecule has 3 rings (SSSR count). The molecule has 0 bridgehead atoms. The van der Waals surface area contributed by atoms with Crippen molar-refractivity contribution in [2.75, 3.05) is 7.11 Å². The van der Waals surface area contributed by atoms with Crippen LogP contribution in [0.15, 0.2) is 65.3 Å². The van der Waals surface area contributed by atoms with Crippen molar-refractivity contribution < 1.29 is 9.53 Å². The Morgan fingerprint density at radius 3 is 2.67 bits per heavy atom. The van der Waals surface area contributed by atoms with E-state index >= 15 is 0 Å². The quantitative estimate of drug-likeness (QED) is 0.877. The molecule has 1 amide bonds. The third kappa shape index (κ3) is 2.84. The van der Waals surface area contributed by atoms with Crippen molar-refractivity contribution in [3.8, 4) is 5.75 Å². The van der Waals surface area contributed by atoms with Gasteiger partial charge in [0.2, 0.25) is 0 Å². The van der Waals surface area contributed by atoms with Crippen LogP contribution in [-0.2, 0) is 4.79 Å². The summed E-state index contributed by atoms with van der Waals surface area (Å²) in [5, 5.41) is 2.78. The number of amidine groups is 1. The first-order valence-electron chi connectivity index (χ1n) is 6.57. The first-order valence-corrected chi connectivity index (χ1v) is 6.57. The van der Waals surface area contributed by atoms with Crippen LogP contribution in [0.25, 0.3) is 6.08 Å². The smallest absolute Gasteiger partial charge is 0.275 e. The van der Waals surface area contributed by atoms with E-state index in [2.05, 4.69) is 10.3 Å². The maximum absolute atomic E-state index is 12.0. The molecule has 0 aliphatic carbocycles. The van der Waals surface area contributed by atoms with Gasteiger partial charge in [0.15, 0.2) is 0 Å². The molecule has 0 saturated heterocycles. The lowest BCUT2D eigenvalue weighted by molar-refractivity contribution is -0.115. The zero-order chi connectivity index (χ0) is 14.7. The van der Waals surface area contributed by atoms with E-state index in [-0.39, 0.29) is 5.91 Å². The van der Waals surface area contributed by atoms with Gasteiger partial charge in [-0.25, -0.2) is 4.99 Å². The molecule has 0 spiro atoms. The Morgan fingerprint density at radius 1 is 1.10 bits per heavy atom. The molecule has 0 saturated carbocycles. The number of carbonyl (C=O) groups excluding carboxylic acids is 1. The highest BCUT2D eigenvalue weighted by atomic mass is 16.5. The van der Waals surface area contributed by atoms with E-state index < -0.39 is 0 Å². The number of ether oxygens (including phenoxy) is 1. The van der Waals surface area contributed by atoms with Gasteiger partial charge in [-0.3, -0.25) is 4.79 Å². The van der Waals surface area contributed by atoms with E-state index in [4.69, 9.17) is 4.74 Å². The van der Waals surface area contributed by atoms with Crippen LogP contribution in [0, 0.1) is 0 Å². The van der Waals surface area contributed by atoms with E-state index in [1.54, 1.807) is 13.2 Å². The highest BCUT2D eigenvalue weighted by molar-refractivity contribution is 6.19. The van der Waals surface area contributed by atoms with Gasteiger partial charge in [-0.2, -0.15) is 0 Å². The third-order valence-corrected chi connectivity index (χ3v) is 3.14. The second-order valence-corrected chi connectivity index (χ2v) is 4.59. The van der Waals surface area contributed by atoms with Gasteiger partial charge >= 0.3 is 0 Å². The van der Waals surface area contributed by atoms with E-state index in [0.717, 1.165) is 16.9 Å². The summed E-state index contributed by atoms with van der Waals surface area (Å²) < 4.78 is 5.17. The summed E-state index contributed by atoms with van der Waals surface area (Å²) in [4.78, 5) is 16.4. The fraction of sp³-hybridized carbons (Fsp3) is 0.0588. The van der Waals surface area contributed by atoms with Gasteiger partial charge in [0.1, 0.15) is 17.3 Å². The maximum Gasteiger partial charge on any atom is 0.275 e. The summed E-state index contributed by atoms with van der Waals surface area (Å²) in [5.41, 5.74) is 2.15. The standard InChI is InChI=1S/C17H14N2O2/c1-21-14-9-5-6-12(10-14)11-15-17(20)19-16(18-15)13-7-3-2-4-8-13/h2-11H,1H3,(H,18,19,20). The zero-order valence-corrected chi connectivity index (χ0v) is 11.5. The highest BCUT2D eigenvalue weighted by Crippen LogP contribution is 2.18. The Balaban J connectivity index is 1.93. The molecule has 2 aromatic rings. The van der Waals surface area contributed by atoms with Crippen molar-refractivity contribution >= 4 is 17.8 Å². The Labute approximate surface area is 122 Å². The minimum absolute atomic E-state index is 0.198. The average molecular weight is 278 g/mol. The number of rotatable bonds is 3. The largest absolute Gasteiger partial charge is 0.497 e. The van der Waals surface area contributed by atoms with Gasteiger partial charge in [0.25, 0.3) is 5.91 Å². The number of hydrogen-bond donors (Lipinski definition) is 1. The minimum atomic E-state index is -0.198. The lowest BCUT2D eigenvalue weighted by atomic mass is 10.2. The second kappa shape index (κ2) is 5.63. The number of aliphatic imine (C=N–C) groups is 1. The summed E-state index contributed by atoms with van der Waals surface area (Å²) in [6.07, 6.45) is 1.74. The summed E-state index contributed by atoms with van der Waals surface area (Å²) >= 11 is 0. The van der Waals surface area contributed by atoms with Crippen molar-refractivity contribution in [3.05, 3.63) is 71.4 Å². The minimum Gasteiger partial charge on any atom is -0.497 e. The molecule has 0 aromatic heterocycles. The molecule has 1 heterocycles. The predicted molar refractivity (Wildman–Crippen MR) is 82.1 cm³/mol. The predicted octanol–water partition coefficient (Wildman–Crippen LogP) is 2.61. The molecule has 4 nitrogen and oxygen atoms in total. The number of hydrogen-bond acceptors (Lipinski definition) is 3. The summed E-state index contributed by atoms with van der Waals surface area (Å²) in [6.45, 7) is 0. The molecule has 4 heteroatoms. The maximum atomic E-state index is 12.0. The zero-order valence-electron chi connectivity index (χ0n) is 11.5. The molecule has 104 valence electrons. The summed E-state index contributed by atoms with van der Waals surface area (Å²) in [7, 11) is 1.61. The Bertz CT molecular complexity index is 733. The van der Waals surface area contributed by atoms with Crippen LogP contribution in [0.1, 0.15) is 11.1 Å². The fourth-order valence-corrected chi connectivity index (χ4v) is 2.09. The van der Waals surface area contributed by atoms with Crippen LogP contribution in [0.5, 0.6) is 5.75 Å². The van der Waals surface area contributed by atoms with Crippen molar-refractivity contribution in [1.29, 1.82) is 0 Å². The Hall–Kier alpha value is -2.88. The van der Waals surface area contributed by atoms with E-state index in [0.29, 0.717) is 11.5 Å². The van der Waals surface area contributed by atoms with Gasteiger partial charge < -0.3 is 10.1 Å². The molecule has 1 aliphatic heterocycles. The molecular weight excluding hydrogens is 264 g/mol. The topological polar surface area (TPSA) is 50.7 Å². The lowest BCUT2D eigenvalue weighted by Crippen LogP contribution is -2.24. The molecule has 1 N–H and O–H groups in total. The van der Waals surface area contributed by atoms with E-state index in [1.165, 1.54) is 0 Å². The number of methoxy groups -OCH3 is 1. The molecule has 0 fully saturated rings. The number of nitrogens with zero attached hydrogens (tertiary/aromatic N) is 1. The van der Waals surface area contributed by atoms with E-state index in [1.807, 2.05) is 54.6 Å². The molecule has 1 aliphatic rings. The van der Waals surface area contributed by atoms with Gasteiger partial charge in [0.05, 0.1) is 7.11 Å². The Kier molecular flexibility index (Phi) is 3.51. The van der Waals surface area contributed by atoms with Crippen molar-refractivity contribution in [1.82, 2.24) is 5.32 Å². The van der Waals surface area contributed by atoms with Crippen LogP contribution < -0.4 is 10.1 Å². The van der Waals surface area contributed by atoms with Crippen molar-refractivity contribution in [2.45, 2.75) is 0 Å². The molecule has 21 heavy (non-hydrogen) atoms. The van der Waals surface area contributed by atoms with Gasteiger partial charge in [-0.1, -0.05) is 42.5 Å². The highest BCUT2D eigenvalue weighted by Gasteiger charge is 2.20. The average Bonchev–Trinajstić information content (AvgIpc) is 2.89. The molecule has 0 atom stereocenters. The molecular formula is C17H14N2O2. The SMILES string of the molecule is COc1cccc(C=C2N=C(c3ccccc3)NC2=O)c1. The van der Waals surface area contributed by atoms with Crippen LogP contribution in [-0.4, -0.2) is 18.9 Å². The molecule has 0 unspecified atom stereocenters. The normalized spacial score (nSPS) is 15.8. The number of nitrogens with one attached hydrogen (secondary N) is 1. The van der Waals surface area contributed by atoms with Gasteiger partial charge in [-0.05, 0) is 23.8 Å². The monoisotopic (exact) mass is 278 g/mol. The fourth-order valence-electron chi connectivity index (χ4n) is 2.09. The molecule has 2 aromatic carbocycles. The van der Waals surface area contributed by atoms with Crippen LogP contribution >= 0.6 is 0 Å². The van der Waals surface area contributed by atoms with Gasteiger partial charge in [-0.15, -0.1) is 0 Å². The first kappa shape index (κ1) is 13.1. The summed E-state index contributed by atoms with van der Waals surface area (Å²) in [6, 6.07) is 17.1. The summed E-state index contributed by atoms with van der Waals surface area (Å²) in [5.74, 6) is 1.13. The lowest BCUT2D eigenvalue weighted by Gasteiger charge is -2.00. The molecule has 0 radical (unpaired) electrons. The Morgan fingerprint density at radius 2 is 1.90 bits per heavy atom. The van der Waals surface area contributed by atoms with Crippen LogP contribution in [0.4, 0.5) is 0 Å². The van der Waals surface area contributed by atoms with Crippen LogP contribution in [0.2, 0.25) is 0 Å². The number of amides is 1. The third-order valence-electron chi connectivity index (χ3n) is 3.14.